The predicted octanol–water partition coefficient (Wildman–Crippen LogP) is 2.78. The molecule has 0 bridgehead atoms. The zero-order chi connectivity index (χ0) is 11.3. The van der Waals surface area contributed by atoms with E-state index in [1.54, 1.807) is 0 Å². The van der Waals surface area contributed by atoms with Crippen molar-refractivity contribution in [3.05, 3.63) is 28.7 Å². The Balaban J connectivity index is 2.51. The van der Waals surface area contributed by atoms with E-state index in [1.165, 1.54) is 7.11 Å². The standard InChI is InChI=1S/C11H13BrO3/c1-8(6-11(13)14-2)15-10-5-3-4-9(12)7-10/h3-5,7-8H,6H2,1-2H3. The average Bonchev–Trinajstić information content (AvgIpc) is 2.17. The fraction of sp³-hybridized carbons (Fsp3) is 0.364. The van der Waals surface area contributed by atoms with Crippen LogP contribution >= 0.6 is 15.9 Å². The lowest BCUT2D eigenvalue weighted by Crippen LogP contribution is -2.17. The second-order valence-electron chi connectivity index (χ2n) is 3.17. The van der Waals surface area contributed by atoms with Gasteiger partial charge in [0.15, 0.2) is 0 Å². The molecule has 0 fully saturated rings. The van der Waals surface area contributed by atoms with Crippen LogP contribution in [0.25, 0.3) is 0 Å². The summed E-state index contributed by atoms with van der Waals surface area (Å²) in [6.45, 7) is 1.83. The predicted molar refractivity (Wildman–Crippen MR) is 60.9 cm³/mol. The third kappa shape index (κ3) is 4.34. The van der Waals surface area contributed by atoms with Gasteiger partial charge in [-0.3, -0.25) is 4.79 Å². The van der Waals surface area contributed by atoms with Crippen LogP contribution in [-0.2, 0) is 9.53 Å². The van der Waals surface area contributed by atoms with Crippen LogP contribution in [0.3, 0.4) is 0 Å². The van der Waals surface area contributed by atoms with Crippen molar-refractivity contribution in [2.24, 2.45) is 0 Å². The van der Waals surface area contributed by atoms with E-state index >= 15 is 0 Å². The van der Waals surface area contributed by atoms with Gasteiger partial charge in [0.05, 0.1) is 13.5 Å². The van der Waals surface area contributed by atoms with Gasteiger partial charge in [-0.05, 0) is 25.1 Å². The molecule has 1 unspecified atom stereocenters. The number of methoxy groups -OCH3 is 1. The molecule has 0 aliphatic heterocycles. The van der Waals surface area contributed by atoms with Crippen molar-refractivity contribution in [1.82, 2.24) is 0 Å². The first-order valence-electron chi connectivity index (χ1n) is 4.61. The second kappa shape index (κ2) is 5.75. The molecule has 82 valence electrons. The Bertz CT molecular complexity index is 338. The fourth-order valence-electron chi connectivity index (χ4n) is 1.13. The highest BCUT2D eigenvalue weighted by Gasteiger charge is 2.10. The molecular formula is C11H13BrO3. The molecule has 15 heavy (non-hydrogen) atoms. The van der Waals surface area contributed by atoms with Crippen LogP contribution in [-0.4, -0.2) is 19.2 Å². The van der Waals surface area contributed by atoms with Crippen LogP contribution in [0, 0.1) is 0 Å². The first-order chi connectivity index (χ1) is 7.11. The Hall–Kier alpha value is -1.03. The number of benzene rings is 1. The van der Waals surface area contributed by atoms with Crippen molar-refractivity contribution < 1.29 is 14.3 Å². The van der Waals surface area contributed by atoms with Gasteiger partial charge in [0.25, 0.3) is 0 Å². The van der Waals surface area contributed by atoms with Crippen LogP contribution in [0.5, 0.6) is 5.75 Å². The molecule has 0 spiro atoms. The Morgan fingerprint density at radius 3 is 2.87 bits per heavy atom. The molecule has 1 atom stereocenters. The minimum atomic E-state index is -0.266. The zero-order valence-electron chi connectivity index (χ0n) is 8.70. The highest BCUT2D eigenvalue weighted by Crippen LogP contribution is 2.19. The Morgan fingerprint density at radius 2 is 2.27 bits per heavy atom. The van der Waals surface area contributed by atoms with E-state index < -0.39 is 0 Å². The first kappa shape index (κ1) is 12.0. The smallest absolute Gasteiger partial charge is 0.309 e. The zero-order valence-corrected chi connectivity index (χ0v) is 10.3. The number of esters is 1. The van der Waals surface area contributed by atoms with Crippen molar-refractivity contribution in [2.75, 3.05) is 7.11 Å². The molecule has 0 amide bonds. The van der Waals surface area contributed by atoms with Gasteiger partial charge < -0.3 is 9.47 Å². The van der Waals surface area contributed by atoms with Gasteiger partial charge >= 0.3 is 5.97 Å². The molecule has 1 rings (SSSR count). The molecule has 0 aliphatic carbocycles. The molecular weight excluding hydrogens is 260 g/mol. The number of carbonyl (C=O) groups is 1. The number of halogens is 1. The molecule has 0 aromatic heterocycles. The normalized spacial score (nSPS) is 11.9. The molecule has 0 radical (unpaired) electrons. The van der Waals surface area contributed by atoms with Crippen LogP contribution in [0.4, 0.5) is 0 Å². The minimum Gasteiger partial charge on any atom is -0.490 e. The van der Waals surface area contributed by atoms with E-state index in [0.29, 0.717) is 0 Å². The van der Waals surface area contributed by atoms with Gasteiger partial charge in [-0.15, -0.1) is 0 Å². The van der Waals surface area contributed by atoms with Crippen molar-refractivity contribution in [3.8, 4) is 5.75 Å². The van der Waals surface area contributed by atoms with E-state index in [1.807, 2.05) is 31.2 Å². The minimum absolute atomic E-state index is 0.188. The lowest BCUT2D eigenvalue weighted by atomic mass is 10.3. The summed E-state index contributed by atoms with van der Waals surface area (Å²) < 4.78 is 11.0. The first-order valence-corrected chi connectivity index (χ1v) is 5.40. The number of hydrogen-bond donors (Lipinski definition) is 0. The topological polar surface area (TPSA) is 35.5 Å². The Kier molecular flexibility index (Phi) is 4.62. The van der Waals surface area contributed by atoms with Gasteiger partial charge in [0, 0.05) is 4.47 Å². The number of carbonyl (C=O) groups excluding carboxylic acids is 1. The van der Waals surface area contributed by atoms with Gasteiger partial charge in [-0.25, -0.2) is 0 Å². The molecule has 1 aromatic carbocycles. The maximum absolute atomic E-state index is 11.0. The average molecular weight is 273 g/mol. The molecule has 0 saturated heterocycles. The Labute approximate surface area is 97.5 Å². The van der Waals surface area contributed by atoms with Crippen LogP contribution < -0.4 is 4.74 Å². The molecule has 0 N–H and O–H groups in total. The second-order valence-corrected chi connectivity index (χ2v) is 4.08. The van der Waals surface area contributed by atoms with Gasteiger partial charge in [-0.1, -0.05) is 22.0 Å². The number of ether oxygens (including phenoxy) is 2. The summed E-state index contributed by atoms with van der Waals surface area (Å²) in [4.78, 5) is 11.0. The SMILES string of the molecule is COC(=O)CC(C)Oc1cccc(Br)c1. The monoisotopic (exact) mass is 272 g/mol. The maximum atomic E-state index is 11.0. The van der Waals surface area contributed by atoms with E-state index in [9.17, 15) is 4.79 Å². The third-order valence-corrected chi connectivity index (χ3v) is 2.31. The van der Waals surface area contributed by atoms with Crippen molar-refractivity contribution in [3.63, 3.8) is 0 Å². The summed E-state index contributed by atoms with van der Waals surface area (Å²) >= 11 is 3.34. The van der Waals surface area contributed by atoms with Crippen molar-refractivity contribution in [1.29, 1.82) is 0 Å². The van der Waals surface area contributed by atoms with Crippen molar-refractivity contribution in [2.45, 2.75) is 19.4 Å². The third-order valence-electron chi connectivity index (χ3n) is 1.82. The van der Waals surface area contributed by atoms with Crippen LogP contribution in [0.1, 0.15) is 13.3 Å². The van der Waals surface area contributed by atoms with Crippen molar-refractivity contribution >= 4 is 21.9 Å². The largest absolute Gasteiger partial charge is 0.490 e. The quantitative estimate of drug-likeness (QED) is 0.791. The summed E-state index contributed by atoms with van der Waals surface area (Å²) in [5.74, 6) is 0.471. The summed E-state index contributed by atoms with van der Waals surface area (Å²) in [6.07, 6.45) is 0.0648. The summed E-state index contributed by atoms with van der Waals surface area (Å²) in [5, 5.41) is 0. The lowest BCUT2D eigenvalue weighted by molar-refractivity contribution is -0.142. The molecule has 4 heteroatoms. The molecule has 1 aromatic rings. The summed E-state index contributed by atoms with van der Waals surface area (Å²) in [5.41, 5.74) is 0. The van der Waals surface area contributed by atoms with Gasteiger partial charge in [0.1, 0.15) is 11.9 Å². The van der Waals surface area contributed by atoms with Gasteiger partial charge in [0.2, 0.25) is 0 Å². The summed E-state index contributed by atoms with van der Waals surface area (Å²) in [6, 6.07) is 7.49. The highest BCUT2D eigenvalue weighted by molar-refractivity contribution is 9.10. The van der Waals surface area contributed by atoms with E-state index in [2.05, 4.69) is 20.7 Å². The van der Waals surface area contributed by atoms with Crippen LogP contribution in [0.2, 0.25) is 0 Å². The van der Waals surface area contributed by atoms with Crippen LogP contribution in [0.15, 0.2) is 28.7 Å². The van der Waals surface area contributed by atoms with E-state index in [-0.39, 0.29) is 18.5 Å². The molecule has 3 nitrogen and oxygen atoms in total. The van der Waals surface area contributed by atoms with E-state index in [0.717, 1.165) is 10.2 Å². The lowest BCUT2D eigenvalue weighted by Gasteiger charge is -2.13. The molecule has 0 aliphatic rings. The fourth-order valence-corrected chi connectivity index (χ4v) is 1.51. The molecule has 0 saturated carbocycles. The number of rotatable bonds is 4. The highest BCUT2D eigenvalue weighted by atomic mass is 79.9. The summed E-state index contributed by atoms with van der Waals surface area (Å²) in [7, 11) is 1.37. The Morgan fingerprint density at radius 1 is 1.53 bits per heavy atom. The number of hydrogen-bond acceptors (Lipinski definition) is 3. The van der Waals surface area contributed by atoms with E-state index in [4.69, 9.17) is 4.74 Å². The molecule has 0 heterocycles. The maximum Gasteiger partial charge on any atom is 0.309 e. The van der Waals surface area contributed by atoms with Gasteiger partial charge in [-0.2, -0.15) is 0 Å².